The van der Waals surface area contributed by atoms with Crippen molar-refractivity contribution in [3.05, 3.63) is 47.0 Å². The molecule has 0 N–H and O–H groups in total. The molecule has 0 amide bonds. The van der Waals surface area contributed by atoms with Crippen molar-refractivity contribution in [2.24, 2.45) is 0 Å². The van der Waals surface area contributed by atoms with Crippen LogP contribution in [0.3, 0.4) is 0 Å². The topological polar surface area (TPSA) is 90.3 Å². The highest BCUT2D eigenvalue weighted by Crippen LogP contribution is 2.37. The summed E-state index contributed by atoms with van der Waals surface area (Å²) in [5.41, 5.74) is -0.265. The molecule has 0 radical (unpaired) electrons. The summed E-state index contributed by atoms with van der Waals surface area (Å²) in [5, 5.41) is 17.5. The zero-order chi connectivity index (χ0) is 22.7. The monoisotopic (exact) mass is 465 g/mol. The van der Waals surface area contributed by atoms with Gasteiger partial charge in [-0.2, -0.15) is 13.2 Å². The van der Waals surface area contributed by atoms with Gasteiger partial charge in [-0.05, 0) is 24.3 Å². The highest BCUT2D eigenvalue weighted by Gasteiger charge is 2.35. The van der Waals surface area contributed by atoms with Crippen molar-refractivity contribution < 1.29 is 27.4 Å². The van der Waals surface area contributed by atoms with Gasteiger partial charge in [-0.25, -0.2) is 0 Å². The number of carbonyl (C=O) groups is 1. The predicted molar refractivity (Wildman–Crippen MR) is 109 cm³/mol. The molecular weight excluding hydrogens is 447 g/mol. The minimum atomic E-state index is -4.47. The fourth-order valence-corrected chi connectivity index (χ4v) is 3.92. The minimum absolute atomic E-state index is 0.0468. The van der Waals surface area contributed by atoms with Crippen molar-refractivity contribution in [2.45, 2.75) is 32.2 Å². The quantitative estimate of drug-likeness (QED) is 0.509. The molecular formula is C20H18F3N5O3S. The summed E-state index contributed by atoms with van der Waals surface area (Å²) in [6.45, 7) is 2.34. The van der Waals surface area contributed by atoms with E-state index in [9.17, 15) is 18.0 Å². The summed E-state index contributed by atoms with van der Waals surface area (Å²) in [6, 6.07) is 8.71. The maximum absolute atomic E-state index is 13.2. The lowest BCUT2D eigenvalue weighted by Crippen LogP contribution is -2.26. The van der Waals surface area contributed by atoms with Crippen LogP contribution in [-0.4, -0.2) is 45.6 Å². The van der Waals surface area contributed by atoms with Crippen LogP contribution in [0.4, 0.5) is 19.0 Å². The molecule has 12 heteroatoms. The Kier molecular flexibility index (Phi) is 6.21. The molecule has 32 heavy (non-hydrogen) atoms. The number of halogens is 3. The summed E-state index contributed by atoms with van der Waals surface area (Å²) in [6.07, 6.45) is -4.31. The molecule has 3 heterocycles. The standard InChI is InChI=1S/C20H18F3N5O3S/c1-12(29)30-11-18-26-27-19(32-18)15-6-7-17(25-24-15)28-9-8-13(10-28)31-16-5-3-2-4-14(16)20(21,22)23/h2-7,13H,8-11H2,1H3. The van der Waals surface area contributed by atoms with Crippen molar-refractivity contribution in [1.29, 1.82) is 0 Å². The maximum atomic E-state index is 13.2. The van der Waals surface area contributed by atoms with E-state index in [1.54, 1.807) is 12.1 Å². The molecule has 2 aromatic heterocycles. The highest BCUT2D eigenvalue weighted by molar-refractivity contribution is 7.14. The number of hydrogen-bond acceptors (Lipinski definition) is 9. The van der Waals surface area contributed by atoms with Gasteiger partial charge in [0.2, 0.25) is 0 Å². The summed E-state index contributed by atoms with van der Waals surface area (Å²) in [7, 11) is 0. The van der Waals surface area contributed by atoms with Gasteiger partial charge in [0.1, 0.15) is 24.2 Å². The van der Waals surface area contributed by atoms with Crippen molar-refractivity contribution in [1.82, 2.24) is 20.4 Å². The van der Waals surface area contributed by atoms with Crippen LogP contribution in [0.15, 0.2) is 36.4 Å². The van der Waals surface area contributed by atoms with Crippen LogP contribution in [0.25, 0.3) is 10.7 Å². The van der Waals surface area contributed by atoms with Crippen molar-refractivity contribution in [3.8, 4) is 16.5 Å². The van der Waals surface area contributed by atoms with E-state index in [2.05, 4.69) is 20.4 Å². The molecule has 1 aliphatic heterocycles. The van der Waals surface area contributed by atoms with E-state index in [1.165, 1.54) is 36.5 Å². The SMILES string of the molecule is CC(=O)OCc1nnc(-c2ccc(N3CCC(Oc4ccccc4C(F)(F)F)C3)nn2)s1. The van der Waals surface area contributed by atoms with E-state index in [1.807, 2.05) is 4.90 Å². The number of aromatic nitrogens is 4. The summed E-state index contributed by atoms with van der Waals surface area (Å²) in [5.74, 6) is 0.0170. The van der Waals surface area contributed by atoms with E-state index >= 15 is 0 Å². The Labute approximate surface area is 185 Å². The molecule has 1 fully saturated rings. The van der Waals surface area contributed by atoms with Crippen LogP contribution >= 0.6 is 11.3 Å². The number of hydrogen-bond donors (Lipinski definition) is 0. The van der Waals surface area contributed by atoms with Crippen LogP contribution < -0.4 is 9.64 Å². The lowest BCUT2D eigenvalue weighted by molar-refractivity contribution is -0.142. The van der Waals surface area contributed by atoms with Gasteiger partial charge in [0.25, 0.3) is 0 Å². The smallest absolute Gasteiger partial charge is 0.419 e. The zero-order valence-corrected chi connectivity index (χ0v) is 17.7. The molecule has 0 aliphatic carbocycles. The summed E-state index contributed by atoms with van der Waals surface area (Å²) >= 11 is 1.24. The average Bonchev–Trinajstić information content (AvgIpc) is 3.42. The van der Waals surface area contributed by atoms with E-state index in [0.29, 0.717) is 41.0 Å². The molecule has 3 aromatic rings. The first-order valence-corrected chi connectivity index (χ1v) is 10.5. The van der Waals surface area contributed by atoms with Crippen molar-refractivity contribution >= 4 is 23.1 Å². The van der Waals surface area contributed by atoms with E-state index in [4.69, 9.17) is 9.47 Å². The Balaban J connectivity index is 1.39. The van der Waals surface area contributed by atoms with E-state index in [-0.39, 0.29) is 12.4 Å². The van der Waals surface area contributed by atoms with Crippen LogP contribution in [0.1, 0.15) is 23.9 Å². The third kappa shape index (κ3) is 5.13. The average molecular weight is 465 g/mol. The number of benzene rings is 1. The number of para-hydroxylation sites is 1. The number of ether oxygens (including phenoxy) is 2. The number of rotatable bonds is 6. The molecule has 168 valence electrons. The third-order valence-electron chi connectivity index (χ3n) is 4.69. The molecule has 1 saturated heterocycles. The Morgan fingerprint density at radius 1 is 1.16 bits per heavy atom. The normalized spacial score (nSPS) is 16.2. The van der Waals surface area contributed by atoms with Crippen LogP contribution in [0.5, 0.6) is 5.75 Å². The lowest BCUT2D eigenvalue weighted by Gasteiger charge is -2.19. The molecule has 1 atom stereocenters. The molecule has 8 nitrogen and oxygen atoms in total. The predicted octanol–water partition coefficient (Wildman–Crippen LogP) is 3.73. The highest BCUT2D eigenvalue weighted by atomic mass is 32.1. The number of carbonyl (C=O) groups excluding carboxylic acids is 1. The maximum Gasteiger partial charge on any atom is 0.419 e. The van der Waals surface area contributed by atoms with Crippen LogP contribution in [0, 0.1) is 0 Å². The Morgan fingerprint density at radius 2 is 1.97 bits per heavy atom. The van der Waals surface area contributed by atoms with Gasteiger partial charge in [0.15, 0.2) is 15.8 Å². The van der Waals surface area contributed by atoms with Gasteiger partial charge in [-0.3, -0.25) is 4.79 Å². The van der Waals surface area contributed by atoms with Crippen molar-refractivity contribution in [2.75, 3.05) is 18.0 Å². The Hall–Kier alpha value is -3.28. The van der Waals surface area contributed by atoms with Crippen molar-refractivity contribution in [3.63, 3.8) is 0 Å². The third-order valence-corrected chi connectivity index (χ3v) is 5.61. The van der Waals surface area contributed by atoms with Gasteiger partial charge in [-0.1, -0.05) is 23.5 Å². The van der Waals surface area contributed by atoms with E-state index < -0.39 is 23.8 Å². The second-order valence-electron chi connectivity index (χ2n) is 7.03. The summed E-state index contributed by atoms with van der Waals surface area (Å²) in [4.78, 5) is 12.8. The van der Waals surface area contributed by atoms with Gasteiger partial charge >= 0.3 is 12.1 Å². The lowest BCUT2D eigenvalue weighted by atomic mass is 10.2. The second-order valence-corrected chi connectivity index (χ2v) is 8.09. The number of alkyl halides is 3. The number of esters is 1. The van der Waals surface area contributed by atoms with Crippen LogP contribution in [-0.2, 0) is 22.3 Å². The van der Waals surface area contributed by atoms with Gasteiger partial charge in [-0.15, -0.1) is 20.4 Å². The largest absolute Gasteiger partial charge is 0.488 e. The first kappa shape index (κ1) is 21.9. The fraction of sp³-hybridized carbons (Fsp3) is 0.350. The summed E-state index contributed by atoms with van der Waals surface area (Å²) < 4.78 is 50.1. The minimum Gasteiger partial charge on any atom is -0.488 e. The first-order valence-electron chi connectivity index (χ1n) is 9.67. The Bertz CT molecular complexity index is 1090. The molecule has 1 aromatic carbocycles. The first-order chi connectivity index (χ1) is 15.3. The van der Waals surface area contributed by atoms with Gasteiger partial charge in [0, 0.05) is 19.9 Å². The molecule has 1 unspecified atom stereocenters. The molecule has 0 saturated carbocycles. The molecule has 0 bridgehead atoms. The Morgan fingerprint density at radius 3 is 2.69 bits per heavy atom. The second kappa shape index (κ2) is 9.07. The molecule has 1 aliphatic rings. The zero-order valence-electron chi connectivity index (χ0n) is 16.9. The van der Waals surface area contributed by atoms with E-state index in [0.717, 1.165) is 6.07 Å². The molecule has 0 spiro atoms. The van der Waals surface area contributed by atoms with Gasteiger partial charge < -0.3 is 14.4 Å². The van der Waals surface area contributed by atoms with Gasteiger partial charge in [0.05, 0.1) is 12.1 Å². The number of anilines is 1. The molecule has 4 rings (SSSR count). The number of nitrogens with zero attached hydrogens (tertiary/aromatic N) is 5. The fourth-order valence-electron chi connectivity index (χ4n) is 3.20. The van der Waals surface area contributed by atoms with Crippen LogP contribution in [0.2, 0.25) is 0 Å².